The first-order chi connectivity index (χ1) is 12.5. The molecule has 8 heteroatoms. The molecular formula is C18H23N3O5. The Labute approximate surface area is 151 Å². The van der Waals surface area contributed by atoms with Gasteiger partial charge in [-0.25, -0.2) is 0 Å². The van der Waals surface area contributed by atoms with E-state index in [-0.39, 0.29) is 18.7 Å². The standard InChI is InChI=1S/C18H23N3O5/c22-15(19-12-6-2-1-3-7-12)10-11-16(23)20-21-17(24)13-8-4-5-9-14(13)18(25)26/h1-3,6-7,13-14H,4-5,8-11H2,(H,19,22)(H,20,23)(H,21,24)(H,25,26)/t13-,14-/m0/s1. The van der Waals surface area contributed by atoms with E-state index < -0.39 is 29.6 Å². The van der Waals surface area contributed by atoms with E-state index in [2.05, 4.69) is 16.2 Å². The summed E-state index contributed by atoms with van der Waals surface area (Å²) in [4.78, 5) is 46.9. The minimum Gasteiger partial charge on any atom is -0.481 e. The molecule has 0 saturated heterocycles. The van der Waals surface area contributed by atoms with Crippen molar-refractivity contribution in [2.75, 3.05) is 5.32 Å². The molecule has 4 N–H and O–H groups in total. The van der Waals surface area contributed by atoms with Gasteiger partial charge in [0, 0.05) is 18.5 Å². The highest BCUT2D eigenvalue weighted by molar-refractivity contribution is 5.93. The average molecular weight is 361 g/mol. The number of benzene rings is 1. The van der Waals surface area contributed by atoms with Crippen LogP contribution in [0.15, 0.2) is 30.3 Å². The Bertz CT molecular complexity index is 662. The topological polar surface area (TPSA) is 125 Å². The van der Waals surface area contributed by atoms with Gasteiger partial charge in [-0.3, -0.25) is 30.0 Å². The van der Waals surface area contributed by atoms with Gasteiger partial charge < -0.3 is 10.4 Å². The number of nitrogens with one attached hydrogen (secondary N) is 3. The van der Waals surface area contributed by atoms with Crippen molar-refractivity contribution in [1.82, 2.24) is 10.9 Å². The number of aliphatic carboxylic acids is 1. The molecule has 1 fully saturated rings. The van der Waals surface area contributed by atoms with Gasteiger partial charge >= 0.3 is 5.97 Å². The van der Waals surface area contributed by atoms with Crippen LogP contribution in [0, 0.1) is 11.8 Å². The predicted molar refractivity (Wildman–Crippen MR) is 93.7 cm³/mol. The van der Waals surface area contributed by atoms with Crippen LogP contribution in [0.3, 0.4) is 0 Å². The van der Waals surface area contributed by atoms with E-state index >= 15 is 0 Å². The summed E-state index contributed by atoms with van der Waals surface area (Å²) in [5.74, 6) is -3.69. The lowest BCUT2D eigenvalue weighted by Gasteiger charge is -2.27. The Morgan fingerprint density at radius 3 is 2.15 bits per heavy atom. The van der Waals surface area contributed by atoms with Crippen LogP contribution in [0.5, 0.6) is 0 Å². The first-order valence-corrected chi connectivity index (χ1v) is 8.64. The lowest BCUT2D eigenvalue weighted by molar-refractivity contribution is -0.149. The zero-order chi connectivity index (χ0) is 18.9. The number of rotatable bonds is 6. The maximum Gasteiger partial charge on any atom is 0.307 e. The molecule has 0 aromatic heterocycles. The molecule has 1 saturated carbocycles. The minimum atomic E-state index is -0.992. The van der Waals surface area contributed by atoms with E-state index in [1.807, 2.05) is 6.07 Å². The van der Waals surface area contributed by atoms with Crippen molar-refractivity contribution in [3.63, 3.8) is 0 Å². The SMILES string of the molecule is O=C(CCC(=O)Nc1ccccc1)NNC(=O)[C@H]1CCCC[C@@H]1C(=O)O. The molecular weight excluding hydrogens is 338 g/mol. The van der Waals surface area contributed by atoms with Gasteiger partial charge in [-0.2, -0.15) is 0 Å². The summed E-state index contributed by atoms with van der Waals surface area (Å²) < 4.78 is 0. The van der Waals surface area contributed by atoms with Crippen LogP contribution >= 0.6 is 0 Å². The van der Waals surface area contributed by atoms with Crippen LogP contribution in [0.2, 0.25) is 0 Å². The third-order valence-corrected chi connectivity index (χ3v) is 4.38. The Morgan fingerprint density at radius 2 is 1.50 bits per heavy atom. The van der Waals surface area contributed by atoms with Crippen molar-refractivity contribution in [2.45, 2.75) is 38.5 Å². The summed E-state index contributed by atoms with van der Waals surface area (Å²) >= 11 is 0. The number of carboxylic acids is 1. The summed E-state index contributed by atoms with van der Waals surface area (Å²) in [6.07, 6.45) is 2.39. The third-order valence-electron chi connectivity index (χ3n) is 4.38. The zero-order valence-corrected chi connectivity index (χ0v) is 14.4. The van der Waals surface area contributed by atoms with Gasteiger partial charge in [-0.05, 0) is 25.0 Å². The van der Waals surface area contributed by atoms with Gasteiger partial charge in [-0.15, -0.1) is 0 Å². The van der Waals surface area contributed by atoms with Crippen molar-refractivity contribution in [3.8, 4) is 0 Å². The lowest BCUT2D eigenvalue weighted by atomic mass is 9.79. The first kappa shape index (κ1) is 19.4. The van der Waals surface area contributed by atoms with Gasteiger partial charge in [0.25, 0.3) is 0 Å². The predicted octanol–water partition coefficient (Wildman–Crippen LogP) is 1.44. The number of carbonyl (C=O) groups excluding carboxylic acids is 3. The zero-order valence-electron chi connectivity index (χ0n) is 14.4. The normalized spacial score (nSPS) is 19.2. The summed E-state index contributed by atoms with van der Waals surface area (Å²) in [5, 5.41) is 11.9. The molecule has 0 bridgehead atoms. The molecule has 3 amide bonds. The minimum absolute atomic E-state index is 0.0300. The second kappa shape index (κ2) is 9.55. The monoisotopic (exact) mass is 361 g/mol. The molecule has 26 heavy (non-hydrogen) atoms. The van der Waals surface area contributed by atoms with E-state index in [4.69, 9.17) is 0 Å². The first-order valence-electron chi connectivity index (χ1n) is 8.64. The van der Waals surface area contributed by atoms with E-state index in [0.29, 0.717) is 18.5 Å². The maximum absolute atomic E-state index is 12.1. The summed E-state index contributed by atoms with van der Waals surface area (Å²) in [5.41, 5.74) is 5.17. The number of amides is 3. The van der Waals surface area contributed by atoms with Crippen LogP contribution in [-0.2, 0) is 19.2 Å². The van der Waals surface area contributed by atoms with Crippen LogP contribution in [-0.4, -0.2) is 28.8 Å². The Hall–Kier alpha value is -2.90. The smallest absolute Gasteiger partial charge is 0.307 e. The largest absolute Gasteiger partial charge is 0.481 e. The maximum atomic E-state index is 12.1. The van der Waals surface area contributed by atoms with Crippen LogP contribution < -0.4 is 16.2 Å². The summed E-state index contributed by atoms with van der Waals surface area (Å²) in [6.45, 7) is 0. The second-order valence-electron chi connectivity index (χ2n) is 6.29. The number of carboxylic acid groups (broad SMARTS) is 1. The molecule has 1 aliphatic rings. The van der Waals surface area contributed by atoms with E-state index in [9.17, 15) is 24.3 Å². The fourth-order valence-electron chi connectivity index (χ4n) is 3.00. The van der Waals surface area contributed by atoms with Crippen LogP contribution in [0.25, 0.3) is 0 Å². The van der Waals surface area contributed by atoms with Gasteiger partial charge in [0.2, 0.25) is 17.7 Å². The Kier molecular flexibility index (Phi) is 7.13. The number of para-hydroxylation sites is 1. The molecule has 0 heterocycles. The van der Waals surface area contributed by atoms with Gasteiger partial charge in [-0.1, -0.05) is 31.0 Å². The highest BCUT2D eigenvalue weighted by Crippen LogP contribution is 2.30. The van der Waals surface area contributed by atoms with Gasteiger partial charge in [0.05, 0.1) is 11.8 Å². The van der Waals surface area contributed by atoms with Crippen molar-refractivity contribution in [1.29, 1.82) is 0 Å². The van der Waals surface area contributed by atoms with Gasteiger partial charge in [0.15, 0.2) is 0 Å². The van der Waals surface area contributed by atoms with Crippen molar-refractivity contribution in [3.05, 3.63) is 30.3 Å². The number of hydrazine groups is 1. The molecule has 0 aliphatic heterocycles. The van der Waals surface area contributed by atoms with Crippen LogP contribution in [0.4, 0.5) is 5.69 Å². The molecule has 0 radical (unpaired) electrons. The summed E-state index contributed by atoms with van der Waals surface area (Å²) in [7, 11) is 0. The highest BCUT2D eigenvalue weighted by Gasteiger charge is 2.35. The number of hydrogen-bond acceptors (Lipinski definition) is 4. The van der Waals surface area contributed by atoms with E-state index in [0.717, 1.165) is 12.8 Å². The Morgan fingerprint density at radius 1 is 0.885 bits per heavy atom. The van der Waals surface area contributed by atoms with Crippen molar-refractivity contribution >= 4 is 29.4 Å². The Balaban J connectivity index is 1.71. The fraction of sp³-hybridized carbons (Fsp3) is 0.444. The average Bonchev–Trinajstić information content (AvgIpc) is 2.65. The van der Waals surface area contributed by atoms with Gasteiger partial charge in [0.1, 0.15) is 0 Å². The number of hydrogen-bond donors (Lipinski definition) is 4. The van der Waals surface area contributed by atoms with Crippen LogP contribution in [0.1, 0.15) is 38.5 Å². The molecule has 0 spiro atoms. The summed E-state index contributed by atoms with van der Waals surface area (Å²) in [6, 6.07) is 8.87. The second-order valence-corrected chi connectivity index (χ2v) is 6.29. The molecule has 1 aliphatic carbocycles. The molecule has 140 valence electrons. The third kappa shape index (κ3) is 5.87. The molecule has 1 aromatic carbocycles. The molecule has 8 nitrogen and oxygen atoms in total. The molecule has 1 aromatic rings. The quantitative estimate of drug-likeness (QED) is 0.571. The van der Waals surface area contributed by atoms with Crippen molar-refractivity contribution in [2.24, 2.45) is 11.8 Å². The molecule has 2 atom stereocenters. The lowest BCUT2D eigenvalue weighted by Crippen LogP contribution is -2.48. The molecule has 2 rings (SSSR count). The van der Waals surface area contributed by atoms with E-state index in [1.165, 1.54) is 0 Å². The number of anilines is 1. The molecule has 0 unspecified atom stereocenters. The fourth-order valence-corrected chi connectivity index (χ4v) is 3.00. The van der Waals surface area contributed by atoms with Crippen molar-refractivity contribution < 1.29 is 24.3 Å². The van der Waals surface area contributed by atoms with E-state index in [1.54, 1.807) is 24.3 Å². The number of carbonyl (C=O) groups is 4. The highest BCUT2D eigenvalue weighted by atomic mass is 16.4.